The third-order valence-electron chi connectivity index (χ3n) is 1.22. The van der Waals surface area contributed by atoms with Crippen LogP contribution in [0.15, 0.2) is 12.2 Å². The van der Waals surface area contributed by atoms with Crippen molar-refractivity contribution >= 4 is 0 Å². The molecule has 0 atom stereocenters. The minimum absolute atomic E-state index is 0.0853. The summed E-state index contributed by atoms with van der Waals surface area (Å²) in [5.41, 5.74) is 0. The lowest BCUT2D eigenvalue weighted by molar-refractivity contribution is 0.350. The molecule has 0 heterocycles. The molecule has 0 saturated heterocycles. The summed E-state index contributed by atoms with van der Waals surface area (Å²) in [5.74, 6) is 12.9. The highest BCUT2D eigenvalue weighted by Crippen LogP contribution is 1.94. The van der Waals surface area contributed by atoms with Crippen LogP contribution < -0.4 is 0 Å². The molecule has 0 bridgehead atoms. The first-order chi connectivity index (χ1) is 6.41. The molecule has 0 spiro atoms. The molecule has 0 radical (unpaired) electrons. The summed E-state index contributed by atoms with van der Waals surface area (Å²) in [4.78, 5) is 0. The van der Waals surface area contributed by atoms with Crippen molar-refractivity contribution < 1.29 is 5.11 Å². The molecular formula is C12H12O. The fourth-order valence-corrected chi connectivity index (χ4v) is 0.669. The van der Waals surface area contributed by atoms with E-state index in [0.29, 0.717) is 0 Å². The third-order valence-corrected chi connectivity index (χ3v) is 1.22. The van der Waals surface area contributed by atoms with Gasteiger partial charge in [0.15, 0.2) is 0 Å². The summed E-state index contributed by atoms with van der Waals surface area (Å²) in [6.07, 6.45) is 11.4. The molecule has 0 rings (SSSR count). The van der Waals surface area contributed by atoms with Gasteiger partial charge in [-0.25, -0.2) is 0 Å². The van der Waals surface area contributed by atoms with Crippen LogP contribution in [0.25, 0.3) is 0 Å². The Morgan fingerprint density at radius 2 is 2.15 bits per heavy atom. The quantitative estimate of drug-likeness (QED) is 0.503. The first-order valence-corrected chi connectivity index (χ1v) is 4.09. The summed E-state index contributed by atoms with van der Waals surface area (Å²) in [6.45, 7) is -0.0853. The summed E-state index contributed by atoms with van der Waals surface area (Å²) in [7, 11) is 0. The van der Waals surface area contributed by atoms with Crippen LogP contribution in [0.1, 0.15) is 19.3 Å². The van der Waals surface area contributed by atoms with Crippen LogP contribution in [0.5, 0.6) is 0 Å². The van der Waals surface area contributed by atoms with Gasteiger partial charge in [-0.3, -0.25) is 0 Å². The van der Waals surface area contributed by atoms with E-state index >= 15 is 0 Å². The fraction of sp³-hybridized carbons (Fsp3) is 0.333. The minimum atomic E-state index is -0.0853. The Bertz CT molecular complexity index is 296. The van der Waals surface area contributed by atoms with Crippen molar-refractivity contribution in [2.75, 3.05) is 6.61 Å². The average molecular weight is 172 g/mol. The van der Waals surface area contributed by atoms with Crippen LogP contribution in [0.3, 0.4) is 0 Å². The molecule has 0 amide bonds. The van der Waals surface area contributed by atoms with E-state index in [-0.39, 0.29) is 6.61 Å². The first-order valence-electron chi connectivity index (χ1n) is 4.09. The molecule has 0 unspecified atom stereocenters. The third kappa shape index (κ3) is 10.4. The number of aliphatic hydroxyl groups excluding tert-OH is 1. The predicted molar refractivity (Wildman–Crippen MR) is 54.5 cm³/mol. The van der Waals surface area contributed by atoms with Gasteiger partial charge in [-0.2, -0.15) is 0 Å². The van der Waals surface area contributed by atoms with Crippen LogP contribution in [-0.4, -0.2) is 11.7 Å². The van der Waals surface area contributed by atoms with Gasteiger partial charge < -0.3 is 5.11 Å². The van der Waals surface area contributed by atoms with E-state index in [1.54, 1.807) is 6.08 Å². The summed E-state index contributed by atoms with van der Waals surface area (Å²) in [6, 6.07) is 0. The number of hydrogen-bond donors (Lipinski definition) is 1. The Labute approximate surface area is 79.9 Å². The van der Waals surface area contributed by atoms with E-state index in [2.05, 4.69) is 29.6 Å². The molecule has 0 aliphatic heterocycles. The first kappa shape index (κ1) is 11.4. The van der Waals surface area contributed by atoms with E-state index in [1.165, 1.54) is 0 Å². The topological polar surface area (TPSA) is 20.2 Å². The second-order valence-electron chi connectivity index (χ2n) is 2.22. The Morgan fingerprint density at radius 3 is 2.85 bits per heavy atom. The molecule has 0 saturated carbocycles. The molecule has 0 aliphatic rings. The Morgan fingerprint density at radius 1 is 1.31 bits per heavy atom. The van der Waals surface area contributed by atoms with Gasteiger partial charge >= 0.3 is 0 Å². The van der Waals surface area contributed by atoms with Gasteiger partial charge in [-0.1, -0.05) is 23.8 Å². The van der Waals surface area contributed by atoms with Gasteiger partial charge in [-0.15, -0.1) is 6.42 Å². The van der Waals surface area contributed by atoms with Crippen molar-refractivity contribution in [2.24, 2.45) is 0 Å². The molecule has 0 aromatic heterocycles. The zero-order chi connectivity index (χ0) is 9.78. The van der Waals surface area contributed by atoms with Crippen molar-refractivity contribution in [1.29, 1.82) is 0 Å². The van der Waals surface area contributed by atoms with Gasteiger partial charge in [0.25, 0.3) is 0 Å². The highest BCUT2D eigenvalue weighted by molar-refractivity contribution is 5.21. The number of hydrogen-bond acceptors (Lipinski definition) is 1. The second kappa shape index (κ2) is 10.4. The van der Waals surface area contributed by atoms with Crippen LogP contribution in [-0.2, 0) is 0 Å². The number of rotatable bonds is 3. The van der Waals surface area contributed by atoms with Gasteiger partial charge in [0.2, 0.25) is 0 Å². The molecule has 0 fully saturated rings. The molecular weight excluding hydrogens is 160 g/mol. The lowest BCUT2D eigenvalue weighted by Gasteiger charge is -1.84. The molecule has 0 aliphatic carbocycles. The van der Waals surface area contributed by atoms with Crippen LogP contribution in [0, 0.1) is 36.0 Å². The van der Waals surface area contributed by atoms with Gasteiger partial charge in [-0.05, 0) is 30.8 Å². The maximum absolute atomic E-state index is 8.32. The van der Waals surface area contributed by atoms with Gasteiger partial charge in [0.1, 0.15) is 6.61 Å². The van der Waals surface area contributed by atoms with Crippen molar-refractivity contribution in [2.45, 2.75) is 19.3 Å². The largest absolute Gasteiger partial charge is 0.384 e. The van der Waals surface area contributed by atoms with Crippen LogP contribution in [0.4, 0.5) is 0 Å². The van der Waals surface area contributed by atoms with Crippen LogP contribution in [0.2, 0.25) is 0 Å². The SMILES string of the molecule is C#CC#CCCCC=CC#CCO. The standard InChI is InChI=1S/C12H12O/c1-2-3-4-5-6-7-8-9-10-11-12-13/h1,8-9,13H,5-7,12H2. The molecule has 1 N–H and O–H groups in total. The second-order valence-corrected chi connectivity index (χ2v) is 2.22. The van der Waals surface area contributed by atoms with Crippen LogP contribution >= 0.6 is 0 Å². The lowest BCUT2D eigenvalue weighted by Crippen LogP contribution is -1.70. The van der Waals surface area contributed by atoms with E-state index in [1.807, 2.05) is 6.08 Å². The highest BCUT2D eigenvalue weighted by Gasteiger charge is 1.78. The molecule has 0 aromatic rings. The van der Waals surface area contributed by atoms with E-state index in [9.17, 15) is 0 Å². The summed E-state index contributed by atoms with van der Waals surface area (Å²) >= 11 is 0. The fourth-order valence-electron chi connectivity index (χ4n) is 0.669. The molecule has 1 heteroatoms. The normalized spacial score (nSPS) is 8.00. The maximum Gasteiger partial charge on any atom is 0.104 e. The van der Waals surface area contributed by atoms with Crippen molar-refractivity contribution in [1.82, 2.24) is 0 Å². The van der Waals surface area contributed by atoms with Crippen molar-refractivity contribution in [3.63, 3.8) is 0 Å². The number of allylic oxidation sites excluding steroid dienone is 2. The monoisotopic (exact) mass is 172 g/mol. The Hall–Kier alpha value is -1.62. The van der Waals surface area contributed by atoms with E-state index < -0.39 is 0 Å². The summed E-state index contributed by atoms with van der Waals surface area (Å²) < 4.78 is 0. The molecule has 66 valence electrons. The lowest BCUT2D eigenvalue weighted by atomic mass is 10.2. The maximum atomic E-state index is 8.32. The Balaban J connectivity index is 3.36. The van der Waals surface area contributed by atoms with Gasteiger partial charge in [0.05, 0.1) is 0 Å². The highest BCUT2D eigenvalue weighted by atomic mass is 16.2. The predicted octanol–water partition coefficient (Wildman–Crippen LogP) is 1.35. The molecule has 13 heavy (non-hydrogen) atoms. The zero-order valence-electron chi connectivity index (χ0n) is 7.51. The summed E-state index contributed by atoms with van der Waals surface area (Å²) in [5, 5.41) is 8.32. The van der Waals surface area contributed by atoms with Crippen molar-refractivity contribution in [3.05, 3.63) is 12.2 Å². The van der Waals surface area contributed by atoms with Gasteiger partial charge in [0, 0.05) is 6.42 Å². The van der Waals surface area contributed by atoms with Crippen molar-refractivity contribution in [3.8, 4) is 36.0 Å². The smallest absolute Gasteiger partial charge is 0.104 e. The minimum Gasteiger partial charge on any atom is -0.384 e. The number of aliphatic hydroxyl groups is 1. The van der Waals surface area contributed by atoms with E-state index in [0.717, 1.165) is 19.3 Å². The average Bonchev–Trinajstić information content (AvgIpc) is 2.16. The number of terminal acetylenes is 1. The number of unbranched alkanes of at least 4 members (excludes halogenated alkanes) is 2. The molecule has 1 nitrogen and oxygen atoms in total. The van der Waals surface area contributed by atoms with E-state index in [4.69, 9.17) is 11.5 Å². The zero-order valence-corrected chi connectivity index (χ0v) is 7.51. The molecule has 0 aromatic carbocycles. The Kier molecular flexibility index (Phi) is 9.09.